The van der Waals surface area contributed by atoms with E-state index in [9.17, 15) is 4.79 Å². The average Bonchev–Trinajstić information content (AvgIpc) is 3.07. The van der Waals surface area contributed by atoms with Crippen molar-refractivity contribution >= 4 is 28.1 Å². The lowest BCUT2D eigenvalue weighted by molar-refractivity contribution is 0.0950. The van der Waals surface area contributed by atoms with Gasteiger partial charge in [-0.25, -0.2) is 4.98 Å². The smallest absolute Gasteiger partial charge is 0.267 e. The van der Waals surface area contributed by atoms with Gasteiger partial charge in [-0.15, -0.1) is 11.3 Å². The summed E-state index contributed by atoms with van der Waals surface area (Å²) in [6.45, 7) is 0.599. The van der Waals surface area contributed by atoms with Gasteiger partial charge in [-0.2, -0.15) is 0 Å². The van der Waals surface area contributed by atoms with Crippen LogP contribution in [-0.4, -0.2) is 22.4 Å². The van der Waals surface area contributed by atoms with Crippen LogP contribution in [0.25, 0.3) is 10.9 Å². The van der Waals surface area contributed by atoms with E-state index in [1.54, 1.807) is 17.5 Å². The van der Waals surface area contributed by atoms with Gasteiger partial charge in [-0.05, 0) is 12.1 Å². The van der Waals surface area contributed by atoms with Crippen LogP contribution >= 0.6 is 11.3 Å². The summed E-state index contributed by atoms with van der Waals surface area (Å²) in [5.41, 5.74) is 1.58. The van der Waals surface area contributed by atoms with Crippen LogP contribution in [0.1, 0.15) is 15.5 Å². The quantitative estimate of drug-likeness (QED) is 0.766. The fraction of sp³-hybridized carbons (Fsp3) is 0.143. The molecule has 0 bridgehead atoms. The second-order valence-corrected chi connectivity index (χ2v) is 5.18. The highest BCUT2D eigenvalue weighted by atomic mass is 32.1. The molecule has 0 radical (unpaired) electrons. The zero-order valence-corrected chi connectivity index (χ0v) is 11.0. The summed E-state index contributed by atoms with van der Waals surface area (Å²) in [5.74, 6) is -0.0762. The topological polar surface area (TPSA) is 57.8 Å². The van der Waals surface area contributed by atoms with Crippen LogP contribution in [0.15, 0.2) is 41.9 Å². The first-order chi connectivity index (χ1) is 9.33. The van der Waals surface area contributed by atoms with Crippen LogP contribution in [0, 0.1) is 0 Å². The number of aromatic amines is 1. The van der Waals surface area contributed by atoms with Crippen molar-refractivity contribution < 1.29 is 4.79 Å². The maximum absolute atomic E-state index is 12.0. The van der Waals surface area contributed by atoms with Crippen molar-refractivity contribution in [3.8, 4) is 0 Å². The zero-order chi connectivity index (χ0) is 13.1. The summed E-state index contributed by atoms with van der Waals surface area (Å²) in [4.78, 5) is 19.3. The Balaban J connectivity index is 1.63. The van der Waals surface area contributed by atoms with Gasteiger partial charge in [0.1, 0.15) is 5.69 Å². The lowest BCUT2D eigenvalue weighted by atomic mass is 10.2. The molecule has 0 aliphatic rings. The van der Waals surface area contributed by atoms with E-state index in [0.29, 0.717) is 12.2 Å². The lowest BCUT2D eigenvalue weighted by Gasteiger charge is -2.01. The number of rotatable bonds is 4. The van der Waals surface area contributed by atoms with Gasteiger partial charge in [0.2, 0.25) is 0 Å². The number of para-hydroxylation sites is 1. The molecule has 3 aromatic rings. The second kappa shape index (κ2) is 5.24. The molecular formula is C14H13N3OS. The molecule has 0 aliphatic carbocycles. The van der Waals surface area contributed by atoms with Crippen LogP contribution < -0.4 is 5.32 Å². The van der Waals surface area contributed by atoms with Gasteiger partial charge < -0.3 is 10.3 Å². The number of aromatic nitrogens is 2. The van der Waals surface area contributed by atoms with E-state index < -0.39 is 0 Å². The van der Waals surface area contributed by atoms with Crippen molar-refractivity contribution in [2.75, 3.05) is 6.54 Å². The number of nitrogens with zero attached hydrogens (tertiary/aromatic N) is 1. The number of carbonyl (C=O) groups excluding carboxylic acids is 1. The molecular weight excluding hydrogens is 258 g/mol. The Labute approximate surface area is 114 Å². The maximum Gasteiger partial charge on any atom is 0.267 e. The van der Waals surface area contributed by atoms with Gasteiger partial charge >= 0.3 is 0 Å². The number of benzene rings is 1. The van der Waals surface area contributed by atoms with Crippen molar-refractivity contribution in [2.45, 2.75) is 6.42 Å². The number of nitrogens with one attached hydrogen (secondary N) is 2. The Kier molecular flexibility index (Phi) is 3.29. The summed E-state index contributed by atoms with van der Waals surface area (Å²) in [6, 6.07) is 9.72. The van der Waals surface area contributed by atoms with E-state index in [1.807, 2.05) is 35.7 Å². The Morgan fingerprint density at radius 3 is 3.05 bits per heavy atom. The van der Waals surface area contributed by atoms with Gasteiger partial charge in [-0.1, -0.05) is 18.2 Å². The monoisotopic (exact) mass is 271 g/mol. The Hall–Kier alpha value is -2.14. The Morgan fingerprint density at radius 1 is 1.37 bits per heavy atom. The van der Waals surface area contributed by atoms with Crippen LogP contribution in [0.2, 0.25) is 0 Å². The van der Waals surface area contributed by atoms with E-state index in [-0.39, 0.29) is 5.91 Å². The van der Waals surface area contributed by atoms with Gasteiger partial charge in [0.05, 0.1) is 5.01 Å². The molecule has 1 aromatic carbocycles. The predicted molar refractivity (Wildman–Crippen MR) is 76.4 cm³/mol. The minimum Gasteiger partial charge on any atom is -0.351 e. The fourth-order valence-corrected chi connectivity index (χ4v) is 2.57. The largest absolute Gasteiger partial charge is 0.351 e. The summed E-state index contributed by atoms with van der Waals surface area (Å²) < 4.78 is 0. The van der Waals surface area contributed by atoms with E-state index in [0.717, 1.165) is 22.3 Å². The first-order valence-corrected chi connectivity index (χ1v) is 6.95. The normalized spacial score (nSPS) is 10.7. The van der Waals surface area contributed by atoms with E-state index in [1.165, 1.54) is 0 Å². The van der Waals surface area contributed by atoms with Gasteiger partial charge in [-0.3, -0.25) is 4.79 Å². The number of amides is 1. The molecule has 5 heteroatoms. The van der Waals surface area contributed by atoms with Crippen molar-refractivity contribution in [1.82, 2.24) is 15.3 Å². The third-order valence-corrected chi connectivity index (χ3v) is 3.72. The first-order valence-electron chi connectivity index (χ1n) is 6.07. The summed E-state index contributed by atoms with van der Waals surface area (Å²) in [6.07, 6.45) is 2.54. The minimum absolute atomic E-state index is 0.0762. The van der Waals surface area contributed by atoms with Gasteiger partial charge in [0.25, 0.3) is 5.91 Å². The van der Waals surface area contributed by atoms with E-state index in [2.05, 4.69) is 15.3 Å². The molecule has 0 unspecified atom stereocenters. The molecule has 1 amide bonds. The van der Waals surface area contributed by atoms with Crippen LogP contribution in [0.5, 0.6) is 0 Å². The van der Waals surface area contributed by atoms with E-state index in [4.69, 9.17) is 0 Å². The molecule has 0 fully saturated rings. The molecule has 3 rings (SSSR count). The van der Waals surface area contributed by atoms with Gasteiger partial charge in [0, 0.05) is 35.4 Å². The summed E-state index contributed by atoms with van der Waals surface area (Å²) in [5, 5.41) is 6.92. The van der Waals surface area contributed by atoms with Crippen LogP contribution in [0.4, 0.5) is 0 Å². The van der Waals surface area contributed by atoms with Crippen molar-refractivity contribution in [2.24, 2.45) is 0 Å². The molecule has 19 heavy (non-hydrogen) atoms. The molecule has 4 nitrogen and oxygen atoms in total. The molecule has 96 valence electrons. The lowest BCUT2D eigenvalue weighted by Crippen LogP contribution is -2.25. The van der Waals surface area contributed by atoms with Crippen LogP contribution in [0.3, 0.4) is 0 Å². The fourth-order valence-electron chi connectivity index (χ4n) is 1.95. The van der Waals surface area contributed by atoms with Crippen molar-refractivity contribution in [3.63, 3.8) is 0 Å². The third kappa shape index (κ3) is 2.66. The number of H-pyrrole nitrogens is 1. The van der Waals surface area contributed by atoms with Crippen LogP contribution in [-0.2, 0) is 6.42 Å². The molecule has 2 aromatic heterocycles. The number of fused-ring (bicyclic) bond motifs is 1. The number of hydrogen-bond acceptors (Lipinski definition) is 3. The van der Waals surface area contributed by atoms with Crippen molar-refractivity contribution in [1.29, 1.82) is 0 Å². The number of hydrogen-bond donors (Lipinski definition) is 2. The van der Waals surface area contributed by atoms with Crippen molar-refractivity contribution in [3.05, 3.63) is 52.6 Å². The first kappa shape index (κ1) is 11.9. The molecule has 0 aliphatic heterocycles. The highest BCUT2D eigenvalue weighted by Gasteiger charge is 2.08. The SMILES string of the molecule is O=C(NCCc1nccs1)c1cc2ccccc2[nH]1. The third-order valence-electron chi connectivity index (χ3n) is 2.88. The predicted octanol–water partition coefficient (Wildman–Crippen LogP) is 2.60. The Bertz CT molecular complexity index is 655. The summed E-state index contributed by atoms with van der Waals surface area (Å²) >= 11 is 1.60. The zero-order valence-electron chi connectivity index (χ0n) is 10.2. The standard InChI is InChI=1S/C14H13N3OS/c18-14(16-6-5-13-15-7-8-19-13)12-9-10-3-1-2-4-11(10)17-12/h1-4,7-9,17H,5-6H2,(H,16,18). The second-order valence-electron chi connectivity index (χ2n) is 4.20. The molecule has 0 spiro atoms. The minimum atomic E-state index is -0.0762. The number of carbonyl (C=O) groups is 1. The maximum atomic E-state index is 12.0. The molecule has 2 heterocycles. The Morgan fingerprint density at radius 2 is 2.26 bits per heavy atom. The average molecular weight is 271 g/mol. The molecule has 0 atom stereocenters. The number of thiazole rings is 1. The van der Waals surface area contributed by atoms with Gasteiger partial charge in [0.15, 0.2) is 0 Å². The highest BCUT2D eigenvalue weighted by molar-refractivity contribution is 7.09. The molecule has 0 saturated heterocycles. The molecule has 2 N–H and O–H groups in total. The molecule has 0 saturated carbocycles. The van der Waals surface area contributed by atoms with E-state index >= 15 is 0 Å². The summed E-state index contributed by atoms with van der Waals surface area (Å²) in [7, 11) is 0. The highest BCUT2D eigenvalue weighted by Crippen LogP contribution is 2.14.